The van der Waals surface area contributed by atoms with Crippen molar-refractivity contribution in [1.29, 1.82) is 0 Å². The van der Waals surface area contributed by atoms with E-state index in [1.165, 1.54) is 19.2 Å². The summed E-state index contributed by atoms with van der Waals surface area (Å²) in [6.45, 7) is 5.20. The molecule has 1 aromatic heterocycles. The summed E-state index contributed by atoms with van der Waals surface area (Å²) >= 11 is 0. The molecule has 5 nitrogen and oxygen atoms in total. The van der Waals surface area contributed by atoms with Gasteiger partial charge in [-0.25, -0.2) is 4.99 Å². The molecule has 1 aromatic rings. The molecule has 0 fully saturated rings. The number of fused-ring (bicyclic) bond motifs is 1. The van der Waals surface area contributed by atoms with Crippen molar-refractivity contribution in [3.05, 3.63) is 59.1 Å². The highest BCUT2D eigenvalue weighted by molar-refractivity contribution is 5.99. The van der Waals surface area contributed by atoms with Gasteiger partial charge in [0.1, 0.15) is 11.9 Å². The molecule has 1 unspecified atom stereocenters. The largest absolute Gasteiger partial charge is 0.409 e. The minimum atomic E-state index is -4.54. The Balaban J connectivity index is 1.92. The van der Waals surface area contributed by atoms with Gasteiger partial charge >= 0.3 is 6.18 Å². The maximum atomic E-state index is 12.8. The van der Waals surface area contributed by atoms with Crippen molar-refractivity contribution in [3.8, 4) is 0 Å². The first-order chi connectivity index (χ1) is 13.0. The van der Waals surface area contributed by atoms with Gasteiger partial charge in [0.15, 0.2) is 0 Å². The molecule has 3 N–H and O–H groups in total. The summed E-state index contributed by atoms with van der Waals surface area (Å²) in [6.07, 6.45) is 5.01. The Morgan fingerprint density at radius 3 is 2.71 bits per heavy atom. The summed E-state index contributed by atoms with van der Waals surface area (Å²) in [7, 11) is 0. The highest BCUT2D eigenvalue weighted by atomic mass is 19.4. The van der Waals surface area contributed by atoms with Crippen LogP contribution in [-0.2, 0) is 4.79 Å². The van der Waals surface area contributed by atoms with Crippen LogP contribution in [0.25, 0.3) is 5.57 Å². The van der Waals surface area contributed by atoms with Crippen LogP contribution >= 0.6 is 0 Å². The summed E-state index contributed by atoms with van der Waals surface area (Å²) in [5.74, 6) is 0.428. The summed E-state index contributed by atoms with van der Waals surface area (Å²) in [5, 5.41) is 2.72. The normalized spacial score (nSPS) is 22.6. The summed E-state index contributed by atoms with van der Waals surface area (Å²) in [6, 6.07) is -0.736. The third-order valence-corrected chi connectivity index (χ3v) is 4.93. The highest BCUT2D eigenvalue weighted by Gasteiger charge is 2.39. The fourth-order valence-electron chi connectivity index (χ4n) is 3.30. The van der Waals surface area contributed by atoms with Gasteiger partial charge in [-0.15, -0.1) is 0 Å². The predicted molar refractivity (Wildman–Crippen MR) is 101 cm³/mol. The minimum absolute atomic E-state index is 0.172. The Hall–Kier alpha value is -2.74. The van der Waals surface area contributed by atoms with Crippen molar-refractivity contribution in [2.24, 2.45) is 16.1 Å². The zero-order valence-corrected chi connectivity index (χ0v) is 15.8. The molecule has 0 aromatic carbocycles. The number of aliphatic imine (C=N–C) groups is 1. The molecule has 0 radical (unpaired) electrons. The molecular weight excluding hydrogens is 369 g/mol. The van der Waals surface area contributed by atoms with Gasteiger partial charge in [0, 0.05) is 36.7 Å². The van der Waals surface area contributed by atoms with E-state index >= 15 is 0 Å². The molecule has 8 heteroatoms. The quantitative estimate of drug-likeness (QED) is 0.807. The molecule has 28 heavy (non-hydrogen) atoms. The van der Waals surface area contributed by atoms with Crippen molar-refractivity contribution in [2.75, 3.05) is 0 Å². The molecule has 2 heterocycles. The van der Waals surface area contributed by atoms with Gasteiger partial charge in [-0.2, -0.15) is 13.2 Å². The molecule has 0 bridgehead atoms. The lowest BCUT2D eigenvalue weighted by molar-refractivity contribution is -0.150. The molecule has 2 atom stereocenters. The number of nitrogens with two attached hydrogens (primary N) is 1. The molecule has 0 saturated heterocycles. The van der Waals surface area contributed by atoms with Crippen LogP contribution in [0.3, 0.4) is 0 Å². The molecule has 0 spiro atoms. The van der Waals surface area contributed by atoms with Crippen molar-refractivity contribution < 1.29 is 18.0 Å². The van der Waals surface area contributed by atoms with Gasteiger partial charge in [0.25, 0.3) is 0 Å². The molecule has 0 saturated carbocycles. The van der Waals surface area contributed by atoms with Gasteiger partial charge in [-0.05, 0) is 35.8 Å². The average Bonchev–Trinajstić information content (AvgIpc) is 2.59. The van der Waals surface area contributed by atoms with E-state index in [2.05, 4.69) is 15.3 Å². The number of pyridine rings is 1. The van der Waals surface area contributed by atoms with Crippen LogP contribution < -0.4 is 11.1 Å². The first-order valence-electron chi connectivity index (χ1n) is 8.75. The first-order valence-corrected chi connectivity index (χ1v) is 8.75. The molecule has 1 amide bonds. The zero-order valence-electron chi connectivity index (χ0n) is 15.8. The fourth-order valence-corrected chi connectivity index (χ4v) is 3.30. The Bertz CT molecular complexity index is 943. The number of amidine groups is 1. The smallest absolute Gasteiger partial charge is 0.315 e. The summed E-state index contributed by atoms with van der Waals surface area (Å²) in [4.78, 5) is 19.5. The van der Waals surface area contributed by atoms with Crippen LogP contribution in [0.4, 0.5) is 13.2 Å². The van der Waals surface area contributed by atoms with E-state index in [9.17, 15) is 18.0 Å². The van der Waals surface area contributed by atoms with E-state index in [-0.39, 0.29) is 17.0 Å². The number of hydrogen-bond acceptors (Lipinski definition) is 4. The number of aryl methyl sites for hydroxylation is 1. The number of carbonyl (C=O) groups is 1. The standard InChI is InChI=1S/C20H21F3N4O/c1-11-6-16(18(24)20(21,22)23)25-10-15(11)13-4-5-19(3)8-17(27-12(2)28)26-9-14(19)7-13/h4-7,9-10,18H,8,24H2,1-3H3,(H,26,27,28)/t18-,19?/m1/s1. The number of amides is 1. The Labute approximate surface area is 160 Å². The van der Waals surface area contributed by atoms with Crippen LogP contribution in [0.5, 0.6) is 0 Å². The number of allylic oxidation sites excluding steroid dienone is 5. The van der Waals surface area contributed by atoms with Gasteiger partial charge < -0.3 is 11.1 Å². The Morgan fingerprint density at radius 2 is 2.11 bits per heavy atom. The van der Waals surface area contributed by atoms with E-state index < -0.39 is 12.2 Å². The van der Waals surface area contributed by atoms with Crippen LogP contribution in [-0.4, -0.2) is 22.9 Å². The van der Waals surface area contributed by atoms with Crippen LogP contribution in [0.2, 0.25) is 0 Å². The molecule has 3 rings (SSSR count). The van der Waals surface area contributed by atoms with E-state index in [1.54, 1.807) is 13.1 Å². The van der Waals surface area contributed by atoms with Gasteiger partial charge in [0.2, 0.25) is 5.91 Å². The van der Waals surface area contributed by atoms with E-state index in [1.807, 2.05) is 25.2 Å². The average molecular weight is 390 g/mol. The van der Waals surface area contributed by atoms with Crippen molar-refractivity contribution in [3.63, 3.8) is 0 Å². The van der Waals surface area contributed by atoms with Gasteiger partial charge in [0.05, 0.1) is 5.69 Å². The maximum absolute atomic E-state index is 12.8. The van der Waals surface area contributed by atoms with Crippen molar-refractivity contribution in [1.82, 2.24) is 10.3 Å². The third kappa shape index (κ3) is 3.91. The maximum Gasteiger partial charge on any atom is 0.409 e. The predicted octanol–water partition coefficient (Wildman–Crippen LogP) is 3.73. The first kappa shape index (κ1) is 20.0. The second-order valence-corrected chi connectivity index (χ2v) is 7.31. The lowest BCUT2D eigenvalue weighted by Crippen LogP contribution is -2.35. The number of hydrogen-bond donors (Lipinski definition) is 2. The minimum Gasteiger partial charge on any atom is -0.315 e. The lowest BCUT2D eigenvalue weighted by Gasteiger charge is -2.33. The SMILES string of the molecule is CC(=O)NC1=NC=C2C=C(c3cnc([C@@H](N)C(F)(F)F)cc3C)C=CC2(C)C1. The number of carbonyl (C=O) groups excluding carboxylic acids is 1. The number of rotatable bonds is 2. The fraction of sp³-hybridized carbons (Fsp3) is 0.350. The number of halogens is 3. The van der Waals surface area contributed by atoms with E-state index in [0.717, 1.165) is 16.7 Å². The molecule has 2 aliphatic rings. The molecule has 148 valence electrons. The second kappa shape index (κ2) is 7.01. The van der Waals surface area contributed by atoms with Crippen molar-refractivity contribution >= 4 is 17.3 Å². The van der Waals surface area contributed by atoms with Crippen LogP contribution in [0, 0.1) is 12.3 Å². The molecular formula is C20H21F3N4O. The molecule has 1 aliphatic heterocycles. The third-order valence-electron chi connectivity index (χ3n) is 4.93. The highest BCUT2D eigenvalue weighted by Crippen LogP contribution is 2.42. The summed E-state index contributed by atoms with van der Waals surface area (Å²) in [5.41, 5.74) is 7.90. The number of nitrogens with one attached hydrogen (secondary N) is 1. The van der Waals surface area contributed by atoms with Crippen LogP contribution in [0.1, 0.15) is 43.1 Å². The Kier molecular flexibility index (Phi) is 5.01. The number of nitrogens with zero attached hydrogens (tertiary/aromatic N) is 2. The summed E-state index contributed by atoms with van der Waals surface area (Å²) < 4.78 is 38.5. The van der Waals surface area contributed by atoms with Crippen LogP contribution in [0.15, 0.2) is 47.3 Å². The van der Waals surface area contributed by atoms with Gasteiger partial charge in [-0.3, -0.25) is 9.78 Å². The lowest BCUT2D eigenvalue weighted by atomic mass is 9.73. The number of alkyl halides is 3. The molecule has 1 aliphatic carbocycles. The van der Waals surface area contributed by atoms with Gasteiger partial charge in [-0.1, -0.05) is 19.1 Å². The van der Waals surface area contributed by atoms with Crippen molar-refractivity contribution in [2.45, 2.75) is 39.4 Å². The zero-order chi connectivity index (χ0) is 20.7. The Morgan fingerprint density at radius 1 is 1.39 bits per heavy atom. The number of aromatic nitrogens is 1. The topological polar surface area (TPSA) is 80.4 Å². The van der Waals surface area contributed by atoms with E-state index in [0.29, 0.717) is 17.8 Å². The van der Waals surface area contributed by atoms with E-state index in [4.69, 9.17) is 5.73 Å². The monoisotopic (exact) mass is 390 g/mol. The second-order valence-electron chi connectivity index (χ2n) is 7.31.